The maximum atomic E-state index is 8.79. The molecule has 1 aromatic heterocycles. The fourth-order valence-corrected chi connectivity index (χ4v) is 0.566. The van der Waals surface area contributed by atoms with Crippen LogP contribution >= 0.6 is 0 Å². The summed E-state index contributed by atoms with van der Waals surface area (Å²) in [6.07, 6.45) is 2.76. The quantitative estimate of drug-likeness (QED) is 0.588. The summed E-state index contributed by atoms with van der Waals surface area (Å²) in [7, 11) is 0. The Morgan fingerprint density at radius 3 is 2.75 bits per heavy atom. The third kappa shape index (κ3) is 0.997. The summed E-state index contributed by atoms with van der Waals surface area (Å²) in [6, 6.07) is 1.65. The van der Waals surface area contributed by atoms with Crippen LogP contribution in [-0.4, -0.2) is 20.7 Å². The van der Waals surface area contributed by atoms with Crippen LogP contribution in [-0.2, 0) is 0 Å². The van der Waals surface area contributed by atoms with E-state index in [-0.39, 0.29) is 5.75 Å². The molecule has 0 spiro atoms. The molecule has 1 heterocycles. The number of aromatic hydroxyl groups is 1. The van der Waals surface area contributed by atoms with Crippen LogP contribution in [0.25, 0.3) is 0 Å². The molecule has 0 saturated carbocycles. The predicted octanol–water partition coefficient (Wildman–Crippen LogP) is 0.686. The number of rotatable bonds is 0. The molecule has 0 amide bonds. The first-order chi connectivity index (χ1) is 3.80. The van der Waals surface area contributed by atoms with Crippen LogP contribution in [0, 0.1) is 4.06 Å². The summed E-state index contributed by atoms with van der Waals surface area (Å²) in [5.74, 6) is 0.146. The third-order valence-corrected chi connectivity index (χ3v) is 1.45. The van der Waals surface area contributed by atoms with Gasteiger partial charge in [0.25, 0.3) is 0 Å². The van der Waals surface area contributed by atoms with Crippen LogP contribution in [0.4, 0.5) is 0 Å². The van der Waals surface area contributed by atoms with Crippen molar-refractivity contribution < 1.29 is 9.52 Å². The van der Waals surface area contributed by atoms with Gasteiger partial charge >= 0.3 is 53.5 Å². The Morgan fingerprint density at radius 2 is 2.38 bits per heavy atom. The number of hydrogen-bond donors (Lipinski definition) is 1. The molecule has 0 aliphatic rings. The van der Waals surface area contributed by atoms with E-state index in [0.29, 0.717) is 4.06 Å². The van der Waals surface area contributed by atoms with Crippen LogP contribution < -0.4 is 0 Å². The zero-order chi connectivity index (χ0) is 5.98. The molecule has 0 saturated heterocycles. The minimum absolute atomic E-state index is 0.146. The molecule has 0 aromatic carbocycles. The number of hydrogen-bond acceptors (Lipinski definition) is 2. The molecule has 0 radical (unpaired) electrons. The van der Waals surface area contributed by atoms with Gasteiger partial charge in [0.1, 0.15) is 0 Å². The summed E-state index contributed by atoms with van der Waals surface area (Å²) >= 11 is 2.66. The molecule has 0 unspecified atom stereocenters. The Balaban J connectivity index is 3.35. The fourth-order valence-electron chi connectivity index (χ4n) is 0.348. The van der Waals surface area contributed by atoms with Gasteiger partial charge in [0.2, 0.25) is 0 Å². The average molecular weight is 175 g/mol. The standard InChI is InChI=1S/C5H4O2Se/c6-4-3-7-2-1-5(4)8/h1-3,6H. The van der Waals surface area contributed by atoms with Crippen molar-refractivity contribution in [3.8, 4) is 5.75 Å². The van der Waals surface area contributed by atoms with E-state index >= 15 is 0 Å². The molecule has 2 nitrogen and oxygen atoms in total. The zero-order valence-electron chi connectivity index (χ0n) is 4.00. The molecule has 3 heteroatoms. The molecule has 0 fully saturated rings. The second kappa shape index (κ2) is 2.16. The molecule has 0 aliphatic heterocycles. The van der Waals surface area contributed by atoms with E-state index in [2.05, 4.69) is 20.0 Å². The van der Waals surface area contributed by atoms with Gasteiger partial charge in [-0.3, -0.25) is 0 Å². The van der Waals surface area contributed by atoms with E-state index in [1.165, 1.54) is 12.5 Å². The zero-order valence-corrected chi connectivity index (χ0v) is 5.71. The van der Waals surface area contributed by atoms with Crippen molar-refractivity contribution in [3.05, 3.63) is 22.7 Å². The second-order valence-corrected chi connectivity index (χ2v) is 2.23. The first-order valence-corrected chi connectivity index (χ1v) is 2.92. The summed E-state index contributed by atoms with van der Waals surface area (Å²) in [5.41, 5.74) is 0. The topological polar surface area (TPSA) is 33.4 Å². The van der Waals surface area contributed by atoms with E-state index < -0.39 is 0 Å². The van der Waals surface area contributed by atoms with E-state index in [1.54, 1.807) is 6.07 Å². The van der Waals surface area contributed by atoms with Crippen molar-refractivity contribution in [2.75, 3.05) is 0 Å². The van der Waals surface area contributed by atoms with Crippen molar-refractivity contribution in [1.82, 2.24) is 0 Å². The fraction of sp³-hybridized carbons (Fsp3) is 0. The maximum absolute atomic E-state index is 8.79. The molecular weight excluding hydrogens is 171 g/mol. The molecule has 8 heavy (non-hydrogen) atoms. The van der Waals surface area contributed by atoms with Gasteiger partial charge in [-0.25, -0.2) is 0 Å². The summed E-state index contributed by atoms with van der Waals surface area (Å²) in [4.78, 5) is 0. The van der Waals surface area contributed by atoms with Crippen LogP contribution in [0.3, 0.4) is 0 Å². The van der Waals surface area contributed by atoms with Gasteiger partial charge in [0.15, 0.2) is 0 Å². The van der Waals surface area contributed by atoms with Gasteiger partial charge in [-0.05, 0) is 0 Å². The van der Waals surface area contributed by atoms with Crippen LogP contribution in [0.15, 0.2) is 23.0 Å². The molecule has 1 aromatic rings. The van der Waals surface area contributed by atoms with Gasteiger partial charge < -0.3 is 0 Å². The van der Waals surface area contributed by atoms with Gasteiger partial charge in [-0.1, -0.05) is 0 Å². The molecule has 0 aliphatic carbocycles. The normalized spacial score (nSPS) is 9.00. The Hall–Kier alpha value is -0.531. The molecule has 42 valence electrons. The second-order valence-electron chi connectivity index (χ2n) is 1.31. The van der Waals surface area contributed by atoms with E-state index in [0.717, 1.165) is 0 Å². The molecule has 0 atom stereocenters. The van der Waals surface area contributed by atoms with Crippen molar-refractivity contribution in [2.45, 2.75) is 0 Å². The Morgan fingerprint density at radius 1 is 1.62 bits per heavy atom. The van der Waals surface area contributed by atoms with Crippen LogP contribution in [0.5, 0.6) is 5.75 Å². The summed E-state index contributed by atoms with van der Waals surface area (Å²) in [5, 5.41) is 8.79. The first-order valence-electron chi connectivity index (χ1n) is 2.06. The van der Waals surface area contributed by atoms with Crippen molar-refractivity contribution >= 4 is 15.6 Å². The molecule has 1 N–H and O–H groups in total. The monoisotopic (exact) mass is 176 g/mol. The minimum atomic E-state index is 0.146. The van der Waals surface area contributed by atoms with E-state index in [1.807, 2.05) is 0 Å². The van der Waals surface area contributed by atoms with E-state index in [4.69, 9.17) is 5.11 Å². The van der Waals surface area contributed by atoms with Crippen LogP contribution in [0.2, 0.25) is 0 Å². The summed E-state index contributed by atoms with van der Waals surface area (Å²) < 4.78 is 5.32. The van der Waals surface area contributed by atoms with Gasteiger partial charge in [0, 0.05) is 0 Å². The van der Waals surface area contributed by atoms with Crippen molar-refractivity contribution in [3.63, 3.8) is 0 Å². The molecular formula is C5H4O2Se. The van der Waals surface area contributed by atoms with Gasteiger partial charge in [0.05, 0.1) is 0 Å². The molecule has 1 rings (SSSR count). The Kier molecular flexibility index (Phi) is 1.51. The predicted molar refractivity (Wildman–Crippen MR) is 29.4 cm³/mol. The van der Waals surface area contributed by atoms with Crippen LogP contribution in [0.1, 0.15) is 0 Å². The third-order valence-electron chi connectivity index (χ3n) is 0.730. The van der Waals surface area contributed by atoms with Crippen molar-refractivity contribution in [1.29, 1.82) is 0 Å². The van der Waals surface area contributed by atoms with Crippen molar-refractivity contribution in [2.24, 2.45) is 0 Å². The van der Waals surface area contributed by atoms with Gasteiger partial charge in [-0.15, -0.1) is 0 Å². The SMILES string of the molecule is Oc1coccc1=[Se]. The molecule has 0 bridgehead atoms. The van der Waals surface area contributed by atoms with Gasteiger partial charge in [-0.2, -0.15) is 0 Å². The summed E-state index contributed by atoms with van der Waals surface area (Å²) in [6.45, 7) is 0. The Bertz CT molecular complexity index is 228. The first kappa shape index (κ1) is 5.60. The Labute approximate surface area is 54.1 Å². The van der Waals surface area contributed by atoms with E-state index in [9.17, 15) is 0 Å². The average Bonchev–Trinajstić information content (AvgIpc) is 1.77.